The van der Waals surface area contributed by atoms with E-state index in [9.17, 15) is 4.79 Å². The van der Waals surface area contributed by atoms with Gasteiger partial charge in [0.15, 0.2) is 0 Å². The van der Waals surface area contributed by atoms with E-state index in [0.29, 0.717) is 27.9 Å². The van der Waals surface area contributed by atoms with Crippen LogP contribution < -0.4 is 11.3 Å². The molecule has 3 rings (SSSR count). The molecule has 1 aliphatic rings. The Morgan fingerprint density at radius 2 is 2.21 bits per heavy atom. The van der Waals surface area contributed by atoms with E-state index < -0.39 is 0 Å². The van der Waals surface area contributed by atoms with Crippen molar-refractivity contribution >= 4 is 28.6 Å². The average molecular weight is 278 g/mol. The summed E-state index contributed by atoms with van der Waals surface area (Å²) in [7, 11) is 0. The molecule has 1 saturated heterocycles. The number of carbonyl (C=O) groups excluding carboxylic acids is 1. The van der Waals surface area contributed by atoms with Crippen LogP contribution in [0.4, 0.5) is 0 Å². The highest BCUT2D eigenvalue weighted by Gasteiger charge is 2.23. The Labute approximate surface area is 114 Å². The van der Waals surface area contributed by atoms with E-state index in [1.54, 1.807) is 11.8 Å². The number of thioether (sulfide) groups is 1. The van der Waals surface area contributed by atoms with Crippen LogP contribution in [-0.4, -0.2) is 24.4 Å². The summed E-state index contributed by atoms with van der Waals surface area (Å²) >= 11 is 1.73. The molecule has 6 heteroatoms. The number of nitrogen functional groups attached to an aromatic ring is 1. The molecule has 1 aromatic heterocycles. The third-order valence-corrected chi connectivity index (χ3v) is 4.26. The van der Waals surface area contributed by atoms with Gasteiger partial charge in [-0.05, 0) is 6.07 Å². The van der Waals surface area contributed by atoms with Crippen LogP contribution in [0.2, 0.25) is 0 Å². The smallest absolute Gasteiger partial charge is 0.269 e. The molecule has 5 nitrogen and oxygen atoms in total. The van der Waals surface area contributed by atoms with Crippen molar-refractivity contribution < 1.29 is 13.9 Å². The van der Waals surface area contributed by atoms with Crippen molar-refractivity contribution in [3.8, 4) is 0 Å². The summed E-state index contributed by atoms with van der Waals surface area (Å²) in [4.78, 5) is 11.9. The molecule has 0 unspecified atom stereocenters. The second kappa shape index (κ2) is 5.24. The first kappa shape index (κ1) is 12.5. The van der Waals surface area contributed by atoms with Crippen LogP contribution in [-0.2, 0) is 10.5 Å². The maximum absolute atomic E-state index is 11.9. The van der Waals surface area contributed by atoms with Crippen LogP contribution in [0, 0.1) is 0 Å². The molecule has 100 valence electrons. The van der Waals surface area contributed by atoms with Crippen molar-refractivity contribution in [2.45, 2.75) is 11.0 Å². The number of para-hydroxylation sites is 1. The van der Waals surface area contributed by atoms with Crippen LogP contribution in [0.1, 0.15) is 16.1 Å². The highest BCUT2D eigenvalue weighted by molar-refractivity contribution is 7.99. The van der Waals surface area contributed by atoms with Crippen LogP contribution in [0.15, 0.2) is 28.7 Å². The number of nitrogens with two attached hydrogens (primary N) is 1. The topological polar surface area (TPSA) is 77.5 Å². The van der Waals surface area contributed by atoms with Gasteiger partial charge in [-0.15, -0.1) is 11.8 Å². The number of hydrogen-bond donors (Lipinski definition) is 2. The number of furan rings is 1. The van der Waals surface area contributed by atoms with Gasteiger partial charge in [-0.2, -0.15) is 0 Å². The summed E-state index contributed by atoms with van der Waals surface area (Å²) in [6.07, 6.45) is 0. The Balaban J connectivity index is 1.93. The molecule has 0 saturated carbocycles. The summed E-state index contributed by atoms with van der Waals surface area (Å²) in [6, 6.07) is 7.47. The van der Waals surface area contributed by atoms with E-state index in [1.165, 1.54) is 0 Å². The van der Waals surface area contributed by atoms with Gasteiger partial charge in [-0.3, -0.25) is 10.2 Å². The van der Waals surface area contributed by atoms with Gasteiger partial charge in [-0.1, -0.05) is 18.2 Å². The number of hydrogen-bond acceptors (Lipinski definition) is 5. The van der Waals surface area contributed by atoms with Gasteiger partial charge in [0.1, 0.15) is 11.3 Å². The molecule has 1 amide bonds. The summed E-state index contributed by atoms with van der Waals surface area (Å²) in [6.45, 7) is 1.53. The van der Waals surface area contributed by atoms with Crippen LogP contribution >= 0.6 is 11.8 Å². The van der Waals surface area contributed by atoms with Crippen molar-refractivity contribution in [2.75, 3.05) is 13.2 Å². The average Bonchev–Trinajstić information content (AvgIpc) is 2.74. The second-order valence-electron chi connectivity index (χ2n) is 4.34. The molecule has 1 fully saturated rings. The van der Waals surface area contributed by atoms with Crippen molar-refractivity contribution in [1.82, 2.24) is 5.43 Å². The summed E-state index contributed by atoms with van der Waals surface area (Å²) in [5.41, 5.74) is 3.43. The van der Waals surface area contributed by atoms with E-state index in [0.717, 1.165) is 18.6 Å². The Morgan fingerprint density at radius 1 is 1.42 bits per heavy atom. The van der Waals surface area contributed by atoms with Gasteiger partial charge >= 0.3 is 0 Å². The molecular formula is C13H14N2O3S. The monoisotopic (exact) mass is 278 g/mol. The normalized spacial score (nSPS) is 15.4. The molecule has 0 aliphatic carbocycles. The summed E-state index contributed by atoms with van der Waals surface area (Å²) in [5.74, 6) is 6.25. The van der Waals surface area contributed by atoms with Crippen molar-refractivity contribution in [3.05, 3.63) is 35.6 Å². The number of rotatable bonds is 4. The minimum absolute atomic E-state index is 0.314. The lowest BCUT2D eigenvalue weighted by Crippen LogP contribution is -2.31. The van der Waals surface area contributed by atoms with E-state index in [-0.39, 0.29) is 5.91 Å². The third-order valence-electron chi connectivity index (χ3n) is 3.08. The van der Waals surface area contributed by atoms with Crippen LogP contribution in [0.25, 0.3) is 11.0 Å². The zero-order chi connectivity index (χ0) is 13.2. The fourth-order valence-electron chi connectivity index (χ4n) is 2.02. The number of nitrogens with one attached hydrogen (secondary N) is 1. The summed E-state index contributed by atoms with van der Waals surface area (Å²) in [5, 5.41) is 1.29. The van der Waals surface area contributed by atoms with E-state index in [4.69, 9.17) is 15.0 Å². The number of benzene rings is 1. The molecule has 1 aromatic carbocycles. The standard InChI is InChI=1S/C13H14N2O3S/c14-15-13(16)12-9-3-1-2-4-10(9)18-11(12)7-19-8-5-17-6-8/h1-4,8H,5-7,14H2,(H,15,16). The van der Waals surface area contributed by atoms with Gasteiger partial charge in [0.25, 0.3) is 5.91 Å². The zero-order valence-corrected chi connectivity index (χ0v) is 11.0. The first-order valence-electron chi connectivity index (χ1n) is 6.00. The molecule has 0 radical (unpaired) electrons. The zero-order valence-electron chi connectivity index (χ0n) is 10.2. The first-order chi connectivity index (χ1) is 9.29. The lowest BCUT2D eigenvalue weighted by atomic mass is 10.1. The molecular weight excluding hydrogens is 264 g/mol. The van der Waals surface area contributed by atoms with Gasteiger partial charge < -0.3 is 9.15 Å². The molecule has 0 spiro atoms. The maximum Gasteiger partial charge on any atom is 0.269 e. The van der Waals surface area contributed by atoms with Crippen molar-refractivity contribution in [2.24, 2.45) is 5.84 Å². The molecule has 1 aliphatic heterocycles. The third kappa shape index (κ3) is 2.34. The molecule has 2 heterocycles. The summed E-state index contributed by atoms with van der Waals surface area (Å²) < 4.78 is 10.9. The number of amides is 1. The van der Waals surface area contributed by atoms with Crippen molar-refractivity contribution in [1.29, 1.82) is 0 Å². The largest absolute Gasteiger partial charge is 0.459 e. The second-order valence-corrected chi connectivity index (χ2v) is 5.63. The molecule has 0 atom stereocenters. The predicted molar refractivity (Wildman–Crippen MR) is 73.8 cm³/mol. The molecule has 0 bridgehead atoms. The molecule has 19 heavy (non-hydrogen) atoms. The Bertz CT molecular complexity index is 607. The van der Waals surface area contributed by atoms with Crippen LogP contribution in [0.5, 0.6) is 0 Å². The Morgan fingerprint density at radius 3 is 2.89 bits per heavy atom. The quantitative estimate of drug-likeness (QED) is 0.505. The van der Waals surface area contributed by atoms with Gasteiger partial charge in [0, 0.05) is 5.39 Å². The van der Waals surface area contributed by atoms with Gasteiger partial charge in [0.2, 0.25) is 0 Å². The SMILES string of the molecule is NNC(=O)c1c(CSC2COC2)oc2ccccc12. The number of carbonyl (C=O) groups is 1. The lowest BCUT2D eigenvalue weighted by Gasteiger charge is -2.24. The van der Waals surface area contributed by atoms with E-state index >= 15 is 0 Å². The Hall–Kier alpha value is -1.50. The first-order valence-corrected chi connectivity index (χ1v) is 7.05. The van der Waals surface area contributed by atoms with Crippen LogP contribution in [0.3, 0.4) is 0 Å². The predicted octanol–water partition coefficient (Wildman–Crippen LogP) is 1.67. The van der Waals surface area contributed by atoms with Crippen molar-refractivity contribution in [3.63, 3.8) is 0 Å². The number of ether oxygens (including phenoxy) is 1. The lowest BCUT2D eigenvalue weighted by molar-refractivity contribution is 0.0454. The van der Waals surface area contributed by atoms with Gasteiger partial charge in [-0.25, -0.2) is 5.84 Å². The number of fused-ring (bicyclic) bond motifs is 1. The minimum atomic E-state index is -0.314. The fourth-order valence-corrected chi connectivity index (χ4v) is 3.00. The maximum atomic E-state index is 11.9. The van der Waals surface area contributed by atoms with E-state index in [1.807, 2.05) is 24.3 Å². The molecule has 2 aromatic rings. The fraction of sp³-hybridized carbons (Fsp3) is 0.308. The highest BCUT2D eigenvalue weighted by Crippen LogP contribution is 2.31. The number of hydrazine groups is 1. The van der Waals surface area contributed by atoms with E-state index in [2.05, 4.69) is 5.43 Å². The van der Waals surface area contributed by atoms with Gasteiger partial charge in [0.05, 0.1) is 29.8 Å². The minimum Gasteiger partial charge on any atom is -0.459 e. The Kier molecular flexibility index (Phi) is 3.46. The highest BCUT2D eigenvalue weighted by atomic mass is 32.2. The molecule has 3 N–H and O–H groups in total.